The van der Waals surface area contributed by atoms with Gasteiger partial charge in [-0.05, 0) is 30.7 Å². The monoisotopic (exact) mass is 300 g/mol. The number of methoxy groups -OCH3 is 1. The lowest BCUT2D eigenvalue weighted by Gasteiger charge is -2.26. The van der Waals surface area contributed by atoms with Gasteiger partial charge in [-0.25, -0.2) is 0 Å². The predicted molar refractivity (Wildman–Crippen MR) is 80.4 cm³/mol. The Morgan fingerprint density at radius 1 is 1.27 bits per heavy atom. The molecule has 0 radical (unpaired) electrons. The number of aryl methyl sites for hydroxylation is 1. The molecule has 6 nitrogen and oxygen atoms in total. The van der Waals surface area contributed by atoms with Gasteiger partial charge >= 0.3 is 0 Å². The van der Waals surface area contributed by atoms with E-state index in [1.54, 1.807) is 18.2 Å². The van der Waals surface area contributed by atoms with Crippen LogP contribution in [0.2, 0.25) is 0 Å². The van der Waals surface area contributed by atoms with E-state index in [1.807, 2.05) is 6.92 Å². The van der Waals surface area contributed by atoms with Crippen LogP contribution in [0.1, 0.15) is 29.3 Å². The first kappa shape index (κ1) is 14.2. The van der Waals surface area contributed by atoms with Gasteiger partial charge in [-0.3, -0.25) is 9.78 Å². The topological polar surface area (TPSA) is 91.7 Å². The van der Waals surface area contributed by atoms with Gasteiger partial charge < -0.3 is 20.3 Å². The van der Waals surface area contributed by atoms with Crippen LogP contribution in [0.3, 0.4) is 0 Å². The van der Waals surface area contributed by atoms with Crippen LogP contribution >= 0.6 is 0 Å². The van der Waals surface area contributed by atoms with Gasteiger partial charge in [-0.2, -0.15) is 0 Å². The molecular formula is C16H16N2O4. The molecule has 0 saturated carbocycles. The second-order valence-electron chi connectivity index (χ2n) is 5.27. The number of hydrogen-bond donors (Lipinski definition) is 3. The van der Waals surface area contributed by atoms with Gasteiger partial charge in [-0.1, -0.05) is 0 Å². The summed E-state index contributed by atoms with van der Waals surface area (Å²) >= 11 is 0. The van der Waals surface area contributed by atoms with Crippen molar-refractivity contribution in [1.82, 2.24) is 4.98 Å². The largest absolute Gasteiger partial charge is 0.506 e. The molecule has 6 heteroatoms. The van der Waals surface area contributed by atoms with Crippen LogP contribution in [0.4, 0.5) is 5.69 Å². The predicted octanol–water partition coefficient (Wildman–Crippen LogP) is 2.28. The molecule has 0 spiro atoms. The van der Waals surface area contributed by atoms with Gasteiger partial charge in [0.15, 0.2) is 11.5 Å². The van der Waals surface area contributed by atoms with Crippen molar-refractivity contribution in [1.29, 1.82) is 0 Å². The van der Waals surface area contributed by atoms with Crippen molar-refractivity contribution in [3.05, 3.63) is 41.2 Å². The van der Waals surface area contributed by atoms with E-state index in [4.69, 9.17) is 4.74 Å². The zero-order chi connectivity index (χ0) is 15.9. The van der Waals surface area contributed by atoms with Gasteiger partial charge in [0.25, 0.3) is 0 Å². The number of benzene rings is 1. The molecule has 0 unspecified atom stereocenters. The fraction of sp³-hybridized carbons (Fsp3) is 0.250. The van der Waals surface area contributed by atoms with Crippen molar-refractivity contribution < 1.29 is 19.7 Å². The molecule has 2 heterocycles. The van der Waals surface area contributed by atoms with Gasteiger partial charge in [0.2, 0.25) is 5.91 Å². The van der Waals surface area contributed by atoms with Gasteiger partial charge in [0.05, 0.1) is 12.8 Å². The summed E-state index contributed by atoms with van der Waals surface area (Å²) < 4.78 is 5.13. The standard InChI is InChI=1S/C16H16N2O4/c1-8-3-4-12(19)16(17-8)10-6-15(21)18-11-7-13(20)14(22-2)5-9(10)11/h3-5,7,10,19-20H,6H2,1-2H3,(H,18,21)/t10-/m1/s1. The second-order valence-corrected chi connectivity index (χ2v) is 5.27. The third-order valence-corrected chi connectivity index (χ3v) is 3.76. The van der Waals surface area contributed by atoms with Crippen LogP contribution in [-0.2, 0) is 4.79 Å². The molecule has 114 valence electrons. The average Bonchev–Trinajstić information content (AvgIpc) is 2.48. The molecule has 1 aliphatic rings. The summed E-state index contributed by atoms with van der Waals surface area (Å²) in [5.41, 5.74) is 2.46. The van der Waals surface area contributed by atoms with E-state index in [0.717, 1.165) is 11.3 Å². The summed E-state index contributed by atoms with van der Waals surface area (Å²) in [5.74, 6) is -0.276. The number of hydrogen-bond acceptors (Lipinski definition) is 5. The number of nitrogens with zero attached hydrogens (tertiary/aromatic N) is 1. The van der Waals surface area contributed by atoms with E-state index in [2.05, 4.69) is 10.3 Å². The first-order chi connectivity index (χ1) is 10.5. The molecule has 0 bridgehead atoms. The molecule has 22 heavy (non-hydrogen) atoms. The summed E-state index contributed by atoms with van der Waals surface area (Å²) in [5, 5.41) is 22.7. The number of anilines is 1. The molecule has 0 saturated heterocycles. The molecule has 0 aliphatic carbocycles. The number of carbonyl (C=O) groups is 1. The number of carbonyl (C=O) groups excluding carboxylic acids is 1. The lowest BCUT2D eigenvalue weighted by molar-refractivity contribution is -0.116. The zero-order valence-electron chi connectivity index (χ0n) is 12.3. The summed E-state index contributed by atoms with van der Waals surface area (Å²) in [4.78, 5) is 16.3. The van der Waals surface area contributed by atoms with Crippen molar-refractivity contribution in [3.8, 4) is 17.2 Å². The summed E-state index contributed by atoms with van der Waals surface area (Å²) in [6.07, 6.45) is 0.172. The summed E-state index contributed by atoms with van der Waals surface area (Å²) in [7, 11) is 1.46. The van der Waals surface area contributed by atoms with Gasteiger partial charge in [0.1, 0.15) is 5.75 Å². The first-order valence-corrected chi connectivity index (χ1v) is 6.87. The maximum Gasteiger partial charge on any atom is 0.225 e. The highest BCUT2D eigenvalue weighted by atomic mass is 16.5. The van der Waals surface area contributed by atoms with Crippen LogP contribution in [0.15, 0.2) is 24.3 Å². The lowest BCUT2D eigenvalue weighted by Crippen LogP contribution is -2.24. The quantitative estimate of drug-likeness (QED) is 0.791. The van der Waals surface area contributed by atoms with E-state index in [1.165, 1.54) is 13.2 Å². The molecule has 2 aromatic rings. The van der Waals surface area contributed by atoms with Crippen molar-refractivity contribution in [2.24, 2.45) is 0 Å². The van der Waals surface area contributed by atoms with Crippen molar-refractivity contribution in [3.63, 3.8) is 0 Å². The number of pyridine rings is 1. The molecule has 1 aliphatic heterocycles. The number of amides is 1. The molecule has 1 atom stereocenters. The number of aromatic hydroxyl groups is 2. The Hall–Kier alpha value is -2.76. The van der Waals surface area contributed by atoms with E-state index in [-0.39, 0.29) is 23.8 Å². The van der Waals surface area contributed by atoms with Crippen LogP contribution in [0, 0.1) is 6.92 Å². The molecule has 1 aromatic carbocycles. The van der Waals surface area contributed by atoms with Gasteiger partial charge in [-0.15, -0.1) is 0 Å². The van der Waals surface area contributed by atoms with Crippen LogP contribution in [0.5, 0.6) is 17.2 Å². The van der Waals surface area contributed by atoms with Crippen LogP contribution < -0.4 is 10.1 Å². The lowest BCUT2D eigenvalue weighted by atomic mass is 9.86. The smallest absolute Gasteiger partial charge is 0.225 e. The number of rotatable bonds is 2. The Balaban J connectivity index is 2.18. The number of nitrogens with one attached hydrogen (secondary N) is 1. The molecule has 1 aromatic heterocycles. The first-order valence-electron chi connectivity index (χ1n) is 6.87. The third-order valence-electron chi connectivity index (χ3n) is 3.76. The molecule has 0 fully saturated rings. The molecular weight excluding hydrogens is 284 g/mol. The van der Waals surface area contributed by atoms with E-state index in [9.17, 15) is 15.0 Å². The van der Waals surface area contributed by atoms with E-state index < -0.39 is 5.92 Å². The third kappa shape index (κ3) is 2.32. The maximum absolute atomic E-state index is 11.9. The number of phenolic OH excluding ortho intramolecular Hbond substituents is 1. The van der Waals surface area contributed by atoms with Crippen LogP contribution in [0.25, 0.3) is 0 Å². The maximum atomic E-state index is 11.9. The Labute approximate surface area is 127 Å². The van der Waals surface area contributed by atoms with Crippen molar-refractivity contribution in [2.45, 2.75) is 19.3 Å². The number of aromatic nitrogens is 1. The van der Waals surface area contributed by atoms with Crippen LogP contribution in [-0.4, -0.2) is 28.2 Å². The highest BCUT2D eigenvalue weighted by Crippen LogP contribution is 2.43. The highest BCUT2D eigenvalue weighted by Gasteiger charge is 2.30. The fourth-order valence-corrected chi connectivity index (χ4v) is 2.71. The number of fused-ring (bicyclic) bond motifs is 1. The molecule has 1 amide bonds. The van der Waals surface area contributed by atoms with E-state index >= 15 is 0 Å². The number of ether oxygens (including phenoxy) is 1. The normalized spacial score (nSPS) is 16.8. The Kier molecular flexibility index (Phi) is 3.36. The Morgan fingerprint density at radius 3 is 2.77 bits per heavy atom. The summed E-state index contributed by atoms with van der Waals surface area (Å²) in [6.45, 7) is 1.82. The number of phenols is 1. The van der Waals surface area contributed by atoms with Crippen molar-refractivity contribution in [2.75, 3.05) is 12.4 Å². The Morgan fingerprint density at radius 2 is 2.05 bits per heavy atom. The summed E-state index contributed by atoms with van der Waals surface area (Å²) in [6, 6.07) is 6.39. The minimum absolute atomic E-state index is 0.0447. The molecule has 3 N–H and O–H groups in total. The van der Waals surface area contributed by atoms with Gasteiger partial charge in [0, 0.05) is 29.8 Å². The fourth-order valence-electron chi connectivity index (χ4n) is 2.71. The van der Waals surface area contributed by atoms with E-state index in [0.29, 0.717) is 17.1 Å². The molecule has 3 rings (SSSR count). The minimum Gasteiger partial charge on any atom is -0.506 e. The SMILES string of the molecule is COc1cc2c(cc1O)NC(=O)C[C@H]2c1nc(C)ccc1O. The zero-order valence-corrected chi connectivity index (χ0v) is 12.3. The van der Waals surface area contributed by atoms with Crippen molar-refractivity contribution >= 4 is 11.6 Å². The highest BCUT2D eigenvalue weighted by molar-refractivity contribution is 5.96. The average molecular weight is 300 g/mol. The Bertz CT molecular complexity index is 758. The minimum atomic E-state index is -0.391. The second kappa shape index (κ2) is 5.22.